The van der Waals surface area contributed by atoms with Gasteiger partial charge >= 0.3 is 0 Å². The molecule has 0 aromatic heterocycles. The molecule has 4 aliphatic heterocycles. The van der Waals surface area contributed by atoms with E-state index in [0.29, 0.717) is 0 Å². The minimum atomic E-state index is 0.0680. The molecule has 0 radical (unpaired) electrons. The van der Waals surface area contributed by atoms with Gasteiger partial charge in [0.05, 0.1) is 72.5 Å². The minimum absolute atomic E-state index is 0.0680. The smallest absolute Gasteiger partial charge is 0.0723 e. The van der Waals surface area contributed by atoms with Gasteiger partial charge in [0.25, 0.3) is 0 Å². The van der Waals surface area contributed by atoms with Crippen molar-refractivity contribution in [3.8, 4) is 0 Å². The zero-order chi connectivity index (χ0) is 56.3. The Bertz CT molecular complexity index is 2510. The molecule has 4 aromatic carbocycles. The van der Waals surface area contributed by atoms with Gasteiger partial charge in [0.15, 0.2) is 0 Å². The fraction of sp³-hybridized carbons (Fsp3) is 0.500. The van der Waals surface area contributed by atoms with Crippen molar-refractivity contribution in [2.24, 2.45) is 59.9 Å². The summed E-state index contributed by atoms with van der Waals surface area (Å²) in [7, 11) is 0. The third-order valence-electron chi connectivity index (χ3n) is 19.1. The second-order valence-electron chi connectivity index (χ2n) is 25.6. The monoisotopic (exact) mass is 1120 g/mol. The number of aliphatic imine (C=N–C) groups is 12. The highest BCUT2D eigenvalue weighted by Gasteiger charge is 2.29. The standard InChI is InChI=1S/C72H84N12/c1-2-14-62-61(13-1)73-37-49-25-51-29-52(26-49)40-76-64-16-4-6-18-66(64)80-44-56-32-58-36-60(34-56)48-84-72-24-12-11-23-71(72)83-47-59-33-55(43-79-65-17-5-3-15-63(65)75-39-51)31-57(35-59)45-81-69-21-9-7-19-67(69)77-41-53-27-50(38-74-62)28-54(30-53)42-78-68-20-8-10-22-70(68)82-46-58/h25-48,61-72H,1-24H2/t61-,62-,63-,64-,65-,66-,67+,68+,69+,70+,71+,72+/m1/s1. The quantitative estimate of drug-likeness (QED) is 0.165. The van der Waals surface area contributed by atoms with E-state index in [9.17, 15) is 0 Å². The lowest BCUT2D eigenvalue weighted by Gasteiger charge is -2.26. The third-order valence-corrected chi connectivity index (χ3v) is 19.1. The molecule has 12 nitrogen and oxygen atoms in total. The van der Waals surface area contributed by atoms with Gasteiger partial charge < -0.3 is 0 Å². The summed E-state index contributed by atoms with van der Waals surface area (Å²) in [5, 5.41) is 0. The molecular formula is C72H84N12. The van der Waals surface area contributed by atoms with Gasteiger partial charge in [-0.25, -0.2) is 0 Å². The molecule has 6 aliphatic carbocycles. The summed E-state index contributed by atoms with van der Waals surface area (Å²) in [5.74, 6) is 0. The Kier molecular flexibility index (Phi) is 18.2. The van der Waals surface area contributed by atoms with Crippen molar-refractivity contribution >= 4 is 74.6 Å². The van der Waals surface area contributed by atoms with Crippen molar-refractivity contribution in [2.45, 2.75) is 227 Å². The van der Waals surface area contributed by atoms with Crippen molar-refractivity contribution in [3.63, 3.8) is 0 Å². The topological polar surface area (TPSA) is 148 Å². The minimum Gasteiger partial charge on any atom is -0.287 e. The first-order valence-electron chi connectivity index (χ1n) is 32.5. The predicted molar refractivity (Wildman–Crippen MR) is 353 cm³/mol. The molecule has 14 rings (SSSR count). The van der Waals surface area contributed by atoms with Crippen LogP contribution in [0, 0.1) is 0 Å². The second kappa shape index (κ2) is 27.3. The van der Waals surface area contributed by atoms with Crippen LogP contribution in [0.2, 0.25) is 0 Å². The molecule has 4 aromatic rings. The van der Waals surface area contributed by atoms with E-state index < -0.39 is 0 Å². The van der Waals surface area contributed by atoms with E-state index in [0.717, 1.165) is 221 Å². The van der Waals surface area contributed by atoms with Crippen molar-refractivity contribution in [3.05, 3.63) is 140 Å². The maximum absolute atomic E-state index is 5.41. The van der Waals surface area contributed by atoms with E-state index >= 15 is 0 Å². The fourth-order valence-electron chi connectivity index (χ4n) is 14.5. The lowest BCUT2D eigenvalue weighted by atomic mass is 9.91. The molecule has 0 spiro atoms. The lowest BCUT2D eigenvalue weighted by Crippen LogP contribution is -2.27. The summed E-state index contributed by atoms with van der Waals surface area (Å²) in [5.41, 5.74) is 12.6. The maximum atomic E-state index is 5.41. The Labute approximate surface area is 498 Å². The molecular weight excluding hydrogens is 1030 g/mol. The van der Waals surface area contributed by atoms with Crippen LogP contribution >= 0.6 is 0 Å². The Hall–Kier alpha value is -7.08. The highest BCUT2D eigenvalue weighted by molar-refractivity contribution is 5.96. The first-order chi connectivity index (χ1) is 41.5. The van der Waals surface area contributed by atoms with Crippen molar-refractivity contribution in [1.29, 1.82) is 0 Å². The van der Waals surface area contributed by atoms with E-state index in [4.69, 9.17) is 59.9 Å². The molecule has 12 bridgehead atoms. The van der Waals surface area contributed by atoms with Crippen LogP contribution in [0.1, 0.15) is 221 Å². The number of nitrogens with zero attached hydrogens (tertiary/aromatic N) is 12. The van der Waals surface area contributed by atoms with Crippen LogP contribution < -0.4 is 0 Å². The highest BCUT2D eigenvalue weighted by atomic mass is 14.9. The zero-order valence-electron chi connectivity index (χ0n) is 49.1. The summed E-state index contributed by atoms with van der Waals surface area (Å²) in [6.07, 6.45) is 50.8. The number of hydrogen-bond donors (Lipinski definition) is 0. The van der Waals surface area contributed by atoms with E-state index in [1.54, 1.807) is 0 Å². The molecule has 0 unspecified atom stereocenters. The van der Waals surface area contributed by atoms with Gasteiger partial charge in [-0.1, -0.05) is 77.0 Å². The van der Waals surface area contributed by atoms with Gasteiger partial charge in [0.1, 0.15) is 0 Å². The van der Waals surface area contributed by atoms with Gasteiger partial charge in [-0.3, -0.25) is 59.9 Å². The average Bonchev–Trinajstić information content (AvgIpc) is 3.66. The van der Waals surface area contributed by atoms with Gasteiger partial charge in [-0.15, -0.1) is 0 Å². The Morgan fingerprint density at radius 1 is 0.143 bits per heavy atom. The molecule has 6 fully saturated rings. The Balaban J connectivity index is 1.00. The molecule has 0 N–H and O–H groups in total. The van der Waals surface area contributed by atoms with E-state index in [2.05, 4.69) is 147 Å². The average molecular weight is 1120 g/mol. The number of benzene rings is 4. The molecule has 12 heteroatoms. The summed E-state index contributed by atoms with van der Waals surface area (Å²) < 4.78 is 0. The highest BCUT2D eigenvalue weighted by Crippen LogP contribution is 2.31. The molecule has 10 aliphatic rings. The first-order valence-corrected chi connectivity index (χ1v) is 32.5. The SMILES string of the molecule is C1=N[C@H]2CCCC[C@@H]2N=Cc2cc3cc(c2)C=N[C@@H]2CCCC[C@H]2N=Cc2cc4cc(c2)C=N[C@@H]2CCCC[C@H]2N=Cc2cc(cc(c2)C=N[C@H]2CCCC[C@@H]2N=C3)C=N[C@H]2CCCC[C@@H]2N=Cc2cc1cc(c2)C=N[C@@H]1CCCC[C@H]1N=C4. The molecule has 0 saturated heterocycles. The van der Waals surface area contributed by atoms with Gasteiger partial charge in [-0.05, 0) is 217 Å². The Morgan fingerprint density at radius 2 is 0.226 bits per heavy atom. The van der Waals surface area contributed by atoms with Crippen LogP contribution in [0.5, 0.6) is 0 Å². The maximum Gasteiger partial charge on any atom is 0.0723 e. The largest absolute Gasteiger partial charge is 0.287 e. The molecule has 84 heavy (non-hydrogen) atoms. The van der Waals surface area contributed by atoms with Crippen molar-refractivity contribution < 1.29 is 0 Å². The summed E-state index contributed by atoms with van der Waals surface area (Å²) in [6.45, 7) is 0. The first kappa shape index (κ1) is 56.1. The summed E-state index contributed by atoms with van der Waals surface area (Å²) >= 11 is 0. The molecule has 12 atom stereocenters. The third kappa shape index (κ3) is 14.7. The second-order valence-corrected chi connectivity index (χ2v) is 25.6. The number of hydrogen-bond acceptors (Lipinski definition) is 12. The van der Waals surface area contributed by atoms with E-state index in [1.807, 2.05) is 0 Å². The lowest BCUT2D eigenvalue weighted by molar-refractivity contribution is 0.390. The zero-order valence-corrected chi connectivity index (χ0v) is 49.1. The molecule has 4 heterocycles. The molecule has 6 saturated carbocycles. The summed E-state index contributed by atoms with van der Waals surface area (Å²) in [4.78, 5) is 64.9. The van der Waals surface area contributed by atoms with E-state index in [-0.39, 0.29) is 72.5 Å². The fourth-order valence-corrected chi connectivity index (χ4v) is 14.5. The van der Waals surface area contributed by atoms with Gasteiger partial charge in [0, 0.05) is 74.6 Å². The van der Waals surface area contributed by atoms with Crippen LogP contribution in [-0.2, 0) is 0 Å². The van der Waals surface area contributed by atoms with Crippen LogP contribution in [0.4, 0.5) is 0 Å². The Morgan fingerprint density at radius 3 is 0.310 bits per heavy atom. The van der Waals surface area contributed by atoms with Crippen LogP contribution in [0.25, 0.3) is 0 Å². The van der Waals surface area contributed by atoms with Crippen LogP contribution in [-0.4, -0.2) is 147 Å². The predicted octanol–water partition coefficient (Wildman–Crippen LogP) is 13.7. The number of rotatable bonds is 0. The molecule has 432 valence electrons. The van der Waals surface area contributed by atoms with Crippen LogP contribution in [0.15, 0.2) is 133 Å². The summed E-state index contributed by atoms with van der Waals surface area (Å²) in [6, 6.07) is 27.7. The van der Waals surface area contributed by atoms with Crippen molar-refractivity contribution in [2.75, 3.05) is 0 Å². The van der Waals surface area contributed by atoms with Crippen molar-refractivity contribution in [1.82, 2.24) is 0 Å². The molecule has 0 amide bonds. The van der Waals surface area contributed by atoms with Crippen LogP contribution in [0.3, 0.4) is 0 Å². The van der Waals surface area contributed by atoms with Gasteiger partial charge in [-0.2, -0.15) is 0 Å². The van der Waals surface area contributed by atoms with E-state index in [1.165, 1.54) is 0 Å². The van der Waals surface area contributed by atoms with Gasteiger partial charge in [0.2, 0.25) is 0 Å². The normalized spacial score (nSPS) is 30.6.